The molecular weight excluding hydrogens is 332 g/mol. The van der Waals surface area contributed by atoms with Crippen molar-refractivity contribution in [3.05, 3.63) is 23.9 Å². The van der Waals surface area contributed by atoms with E-state index in [4.69, 9.17) is 4.74 Å². The highest BCUT2D eigenvalue weighted by Crippen LogP contribution is 2.40. The number of aromatic nitrogens is 1. The molecule has 0 aromatic carbocycles. The fourth-order valence-electron chi connectivity index (χ4n) is 4.05. The predicted molar refractivity (Wildman–Crippen MR) is 96.5 cm³/mol. The summed E-state index contributed by atoms with van der Waals surface area (Å²) in [6.45, 7) is 5.48. The van der Waals surface area contributed by atoms with Crippen molar-refractivity contribution >= 4 is 11.7 Å². The third-order valence-electron chi connectivity index (χ3n) is 5.68. The maximum Gasteiger partial charge on any atom is 0.220 e. The van der Waals surface area contributed by atoms with Gasteiger partial charge in [0.15, 0.2) is 0 Å². The second kappa shape index (κ2) is 7.22. The molecule has 2 atom stereocenters. The average molecular weight is 358 g/mol. The van der Waals surface area contributed by atoms with Crippen molar-refractivity contribution in [2.75, 3.05) is 24.6 Å². The summed E-state index contributed by atoms with van der Waals surface area (Å²) in [4.78, 5) is 18.3. The molecule has 2 saturated heterocycles. The van der Waals surface area contributed by atoms with E-state index in [2.05, 4.69) is 21.3 Å². The summed E-state index contributed by atoms with van der Waals surface area (Å²) < 4.78 is 6.06. The Kier molecular flexibility index (Phi) is 5.17. The van der Waals surface area contributed by atoms with Crippen LogP contribution in [0.3, 0.4) is 0 Å². The van der Waals surface area contributed by atoms with E-state index < -0.39 is 17.2 Å². The van der Waals surface area contributed by atoms with Crippen LogP contribution in [0.5, 0.6) is 0 Å². The second-order valence-electron chi connectivity index (χ2n) is 7.36. The third-order valence-corrected chi connectivity index (χ3v) is 5.68. The molecule has 0 aliphatic carbocycles. The van der Waals surface area contributed by atoms with Crippen LogP contribution in [0.2, 0.25) is 0 Å². The van der Waals surface area contributed by atoms with Crippen molar-refractivity contribution in [3.63, 3.8) is 0 Å². The van der Waals surface area contributed by atoms with Crippen molar-refractivity contribution in [2.24, 2.45) is 0 Å². The molecule has 0 unspecified atom stereocenters. The van der Waals surface area contributed by atoms with Gasteiger partial charge in [-0.15, -0.1) is 0 Å². The van der Waals surface area contributed by atoms with Gasteiger partial charge in [-0.2, -0.15) is 5.26 Å². The van der Waals surface area contributed by atoms with Crippen LogP contribution in [0.25, 0.3) is 0 Å². The molecule has 3 heterocycles. The Balaban J connectivity index is 1.75. The minimum absolute atomic E-state index is 0.0619. The molecule has 1 aromatic heterocycles. The Hall–Kier alpha value is -2.17. The van der Waals surface area contributed by atoms with E-state index in [0.29, 0.717) is 56.8 Å². The number of pyridine rings is 1. The van der Waals surface area contributed by atoms with Crippen LogP contribution in [0.4, 0.5) is 5.82 Å². The molecule has 2 N–H and O–H groups in total. The summed E-state index contributed by atoms with van der Waals surface area (Å²) in [5, 5.41) is 23.4. The lowest BCUT2D eigenvalue weighted by molar-refractivity contribution is -0.198. The summed E-state index contributed by atoms with van der Waals surface area (Å²) in [5.41, 5.74) is -0.809. The van der Waals surface area contributed by atoms with E-state index >= 15 is 0 Å². The zero-order valence-electron chi connectivity index (χ0n) is 15.4. The number of nitrogens with zero attached hydrogens (tertiary/aromatic N) is 3. The molecule has 1 aromatic rings. The number of carbonyl (C=O) groups is 1. The number of carbonyl (C=O) groups excluding carboxylic acids is 1. The van der Waals surface area contributed by atoms with E-state index in [-0.39, 0.29) is 5.91 Å². The maximum atomic E-state index is 11.9. The Labute approximate surface area is 154 Å². The molecule has 0 saturated carbocycles. The first-order valence-electron chi connectivity index (χ1n) is 9.17. The number of hydrogen-bond acceptors (Lipinski definition) is 6. The molecular formula is C19H26N4O3. The molecule has 3 rings (SSSR count). The smallest absolute Gasteiger partial charge is 0.220 e. The highest BCUT2D eigenvalue weighted by molar-refractivity contribution is 5.76. The number of aliphatic hydroxyl groups is 1. The van der Waals surface area contributed by atoms with Gasteiger partial charge in [0, 0.05) is 32.3 Å². The number of nitriles is 1. The summed E-state index contributed by atoms with van der Waals surface area (Å²) in [7, 11) is 0. The molecule has 2 aliphatic heterocycles. The van der Waals surface area contributed by atoms with Crippen LogP contribution in [-0.2, 0) is 9.53 Å². The van der Waals surface area contributed by atoms with Crippen LogP contribution in [0.15, 0.2) is 18.3 Å². The van der Waals surface area contributed by atoms with Gasteiger partial charge < -0.3 is 20.1 Å². The predicted octanol–water partition coefficient (Wildman–Crippen LogP) is 1.36. The standard InChI is InChI=1S/C19H26N4O3/c1-3-15(24)22-18(2)8-12-26-19(17(18)25)6-10-23(11-7-19)16-14(13-20)5-4-9-21-16/h4-5,9,17,25H,3,6-8,10-12H2,1-2H3,(H,22,24)/t17-,18+/m1/s1. The zero-order valence-corrected chi connectivity index (χ0v) is 15.4. The highest BCUT2D eigenvalue weighted by Gasteiger charge is 2.53. The molecule has 140 valence electrons. The summed E-state index contributed by atoms with van der Waals surface area (Å²) >= 11 is 0. The molecule has 7 nitrogen and oxygen atoms in total. The fraction of sp³-hybridized carbons (Fsp3) is 0.632. The number of anilines is 1. The van der Waals surface area contributed by atoms with Gasteiger partial charge >= 0.3 is 0 Å². The normalized spacial score (nSPS) is 27.8. The van der Waals surface area contributed by atoms with Crippen molar-refractivity contribution in [3.8, 4) is 6.07 Å². The largest absolute Gasteiger partial charge is 0.388 e. The molecule has 1 spiro atoms. The molecule has 0 bridgehead atoms. The molecule has 0 radical (unpaired) electrons. The monoisotopic (exact) mass is 358 g/mol. The minimum Gasteiger partial charge on any atom is -0.388 e. The van der Waals surface area contributed by atoms with E-state index in [0.717, 1.165) is 0 Å². The quantitative estimate of drug-likeness (QED) is 0.846. The Morgan fingerprint density at radius 2 is 2.23 bits per heavy atom. The molecule has 2 aliphatic rings. The summed E-state index contributed by atoms with van der Waals surface area (Å²) in [6, 6.07) is 5.69. The topological polar surface area (TPSA) is 98.5 Å². The summed E-state index contributed by atoms with van der Waals surface area (Å²) in [6.07, 6.45) is 3.12. The van der Waals surface area contributed by atoms with Gasteiger partial charge in [0.25, 0.3) is 0 Å². The van der Waals surface area contributed by atoms with Gasteiger partial charge in [-0.1, -0.05) is 6.92 Å². The Bertz CT molecular complexity index is 709. The van der Waals surface area contributed by atoms with E-state index in [1.807, 2.05) is 6.92 Å². The first-order chi connectivity index (χ1) is 12.4. The van der Waals surface area contributed by atoms with Crippen molar-refractivity contribution in [1.82, 2.24) is 10.3 Å². The van der Waals surface area contributed by atoms with Crippen LogP contribution in [0, 0.1) is 11.3 Å². The van der Waals surface area contributed by atoms with Crippen molar-refractivity contribution in [1.29, 1.82) is 5.26 Å². The van der Waals surface area contributed by atoms with Crippen LogP contribution in [0.1, 0.15) is 45.1 Å². The Morgan fingerprint density at radius 3 is 2.88 bits per heavy atom. The molecule has 1 amide bonds. The van der Waals surface area contributed by atoms with Gasteiger partial charge in [-0.3, -0.25) is 4.79 Å². The van der Waals surface area contributed by atoms with E-state index in [9.17, 15) is 15.2 Å². The first-order valence-corrected chi connectivity index (χ1v) is 9.17. The highest BCUT2D eigenvalue weighted by atomic mass is 16.5. The Morgan fingerprint density at radius 1 is 1.50 bits per heavy atom. The molecule has 26 heavy (non-hydrogen) atoms. The third kappa shape index (κ3) is 3.27. The minimum atomic E-state index is -0.777. The number of amides is 1. The lowest BCUT2D eigenvalue weighted by Crippen LogP contribution is -2.69. The fourth-order valence-corrected chi connectivity index (χ4v) is 4.05. The number of rotatable bonds is 3. The van der Waals surface area contributed by atoms with Crippen molar-refractivity contribution < 1.29 is 14.6 Å². The zero-order chi connectivity index (χ0) is 18.8. The van der Waals surface area contributed by atoms with E-state index in [1.165, 1.54) is 0 Å². The lowest BCUT2D eigenvalue weighted by Gasteiger charge is -2.53. The molecule has 2 fully saturated rings. The number of nitrogens with one attached hydrogen (secondary N) is 1. The average Bonchev–Trinajstić information content (AvgIpc) is 2.67. The first kappa shape index (κ1) is 18.6. The number of aliphatic hydroxyl groups excluding tert-OH is 1. The van der Waals surface area contributed by atoms with Gasteiger partial charge in [-0.25, -0.2) is 4.98 Å². The van der Waals surface area contributed by atoms with Crippen LogP contribution in [-0.4, -0.2) is 52.9 Å². The van der Waals surface area contributed by atoms with Gasteiger partial charge in [0.2, 0.25) is 5.91 Å². The molecule has 7 heteroatoms. The van der Waals surface area contributed by atoms with Gasteiger partial charge in [-0.05, 0) is 38.3 Å². The lowest BCUT2D eigenvalue weighted by atomic mass is 9.73. The van der Waals surface area contributed by atoms with Crippen LogP contribution < -0.4 is 10.2 Å². The SMILES string of the molecule is CCC(=O)N[C@@]1(C)CCOC2(CCN(c3ncccc3C#N)CC2)[C@@H]1O. The van der Waals surface area contributed by atoms with E-state index in [1.54, 1.807) is 25.3 Å². The van der Waals surface area contributed by atoms with Gasteiger partial charge in [0.1, 0.15) is 18.0 Å². The van der Waals surface area contributed by atoms with Gasteiger partial charge in [0.05, 0.1) is 16.7 Å². The maximum absolute atomic E-state index is 11.9. The van der Waals surface area contributed by atoms with Crippen molar-refractivity contribution in [2.45, 2.75) is 56.8 Å². The van der Waals surface area contributed by atoms with Crippen LogP contribution >= 0.6 is 0 Å². The number of hydrogen-bond donors (Lipinski definition) is 2. The number of piperidine rings is 1. The number of ether oxygens (including phenoxy) is 1. The second-order valence-corrected chi connectivity index (χ2v) is 7.36. The summed E-state index contributed by atoms with van der Waals surface area (Å²) in [5.74, 6) is 0.616.